The molecule has 4 aromatic carbocycles. The molecule has 1 amide bonds. The fraction of sp³-hybridized carbons (Fsp3) is 0.0741. The highest BCUT2D eigenvalue weighted by atomic mass is 79.9. The van der Waals surface area contributed by atoms with Gasteiger partial charge in [-0.2, -0.15) is 0 Å². The smallest absolute Gasteiger partial charge is 0.259 e. The van der Waals surface area contributed by atoms with Crippen molar-refractivity contribution in [2.45, 2.75) is 6.61 Å². The van der Waals surface area contributed by atoms with Crippen LogP contribution in [-0.2, 0) is 6.61 Å². The molecule has 5 heteroatoms. The summed E-state index contributed by atoms with van der Waals surface area (Å²) in [4.78, 5) is 13.2. The molecular formula is C27H22BrNO3. The lowest BCUT2D eigenvalue weighted by atomic mass is 10.0. The molecule has 0 saturated heterocycles. The minimum atomic E-state index is -0.251. The maximum atomic E-state index is 13.2. The van der Waals surface area contributed by atoms with E-state index >= 15 is 0 Å². The normalized spacial score (nSPS) is 10.4. The molecule has 0 aliphatic heterocycles. The first kappa shape index (κ1) is 21.7. The monoisotopic (exact) mass is 487 g/mol. The highest BCUT2D eigenvalue weighted by Crippen LogP contribution is 2.33. The molecular weight excluding hydrogens is 466 g/mol. The van der Waals surface area contributed by atoms with Crippen LogP contribution in [0, 0.1) is 0 Å². The number of amides is 1. The van der Waals surface area contributed by atoms with Crippen LogP contribution in [0.15, 0.2) is 102 Å². The van der Waals surface area contributed by atoms with Crippen molar-refractivity contribution in [3.63, 3.8) is 0 Å². The molecule has 160 valence electrons. The maximum absolute atomic E-state index is 13.2. The van der Waals surface area contributed by atoms with Gasteiger partial charge in [-0.15, -0.1) is 0 Å². The summed E-state index contributed by atoms with van der Waals surface area (Å²) in [5.74, 6) is 1.01. The predicted molar refractivity (Wildman–Crippen MR) is 131 cm³/mol. The zero-order chi connectivity index (χ0) is 22.3. The molecule has 0 saturated carbocycles. The Labute approximate surface area is 196 Å². The van der Waals surface area contributed by atoms with Crippen molar-refractivity contribution in [3.8, 4) is 22.6 Å². The third kappa shape index (κ3) is 5.18. The van der Waals surface area contributed by atoms with Crippen LogP contribution in [0.25, 0.3) is 11.1 Å². The van der Waals surface area contributed by atoms with Crippen molar-refractivity contribution < 1.29 is 14.3 Å². The minimum Gasteiger partial charge on any atom is -0.496 e. The molecule has 0 bridgehead atoms. The number of anilines is 1. The van der Waals surface area contributed by atoms with Gasteiger partial charge in [-0.25, -0.2) is 0 Å². The molecule has 0 aliphatic rings. The lowest BCUT2D eigenvalue weighted by Crippen LogP contribution is -2.14. The number of carbonyl (C=O) groups excluding carboxylic acids is 1. The first-order valence-corrected chi connectivity index (χ1v) is 10.9. The van der Waals surface area contributed by atoms with Gasteiger partial charge in [-0.05, 0) is 47.5 Å². The predicted octanol–water partition coefficient (Wildman–Crippen LogP) is 6.96. The maximum Gasteiger partial charge on any atom is 0.259 e. The van der Waals surface area contributed by atoms with Crippen LogP contribution in [0.5, 0.6) is 11.5 Å². The van der Waals surface area contributed by atoms with E-state index in [2.05, 4.69) is 21.2 Å². The van der Waals surface area contributed by atoms with E-state index in [-0.39, 0.29) is 5.91 Å². The Kier molecular flexibility index (Phi) is 6.87. The van der Waals surface area contributed by atoms with Crippen LogP contribution >= 0.6 is 15.9 Å². The number of benzene rings is 4. The van der Waals surface area contributed by atoms with E-state index in [0.717, 1.165) is 26.9 Å². The molecule has 0 fully saturated rings. The highest BCUT2D eigenvalue weighted by Gasteiger charge is 2.15. The molecule has 0 unspecified atom stereocenters. The van der Waals surface area contributed by atoms with E-state index in [1.807, 2.05) is 84.9 Å². The number of ether oxygens (including phenoxy) is 2. The molecule has 0 spiro atoms. The van der Waals surface area contributed by atoms with E-state index in [4.69, 9.17) is 9.47 Å². The number of nitrogens with one attached hydrogen (secondary N) is 1. The summed E-state index contributed by atoms with van der Waals surface area (Å²) in [5.41, 5.74) is 4.07. The van der Waals surface area contributed by atoms with Gasteiger partial charge in [0, 0.05) is 15.7 Å². The van der Waals surface area contributed by atoms with Gasteiger partial charge in [0.15, 0.2) is 0 Å². The van der Waals surface area contributed by atoms with Crippen LogP contribution in [0.2, 0.25) is 0 Å². The van der Waals surface area contributed by atoms with Gasteiger partial charge >= 0.3 is 0 Å². The van der Waals surface area contributed by atoms with Crippen molar-refractivity contribution in [1.29, 1.82) is 0 Å². The third-order valence-electron chi connectivity index (χ3n) is 4.97. The lowest BCUT2D eigenvalue weighted by Gasteiger charge is -2.14. The molecule has 4 aromatic rings. The van der Waals surface area contributed by atoms with Crippen LogP contribution in [-0.4, -0.2) is 13.0 Å². The van der Waals surface area contributed by atoms with Gasteiger partial charge in [0.2, 0.25) is 0 Å². The number of hydrogen-bond acceptors (Lipinski definition) is 3. The van der Waals surface area contributed by atoms with Crippen LogP contribution in [0.1, 0.15) is 15.9 Å². The fourth-order valence-electron chi connectivity index (χ4n) is 3.37. The second kappa shape index (κ2) is 10.2. The Hall–Kier alpha value is -3.57. The van der Waals surface area contributed by atoms with Gasteiger partial charge in [-0.3, -0.25) is 4.79 Å². The highest BCUT2D eigenvalue weighted by molar-refractivity contribution is 9.10. The average Bonchev–Trinajstić information content (AvgIpc) is 2.84. The van der Waals surface area contributed by atoms with Crippen molar-refractivity contribution in [3.05, 3.63) is 113 Å². The van der Waals surface area contributed by atoms with E-state index in [9.17, 15) is 4.79 Å². The first-order valence-electron chi connectivity index (χ1n) is 10.1. The Morgan fingerprint density at radius 1 is 0.844 bits per heavy atom. The van der Waals surface area contributed by atoms with Crippen molar-refractivity contribution in [2.75, 3.05) is 12.4 Å². The van der Waals surface area contributed by atoms with E-state index in [1.54, 1.807) is 19.2 Å². The molecule has 0 aromatic heterocycles. The second-order valence-corrected chi connectivity index (χ2v) is 8.07. The number of methoxy groups -OCH3 is 1. The third-order valence-corrected chi connectivity index (χ3v) is 5.46. The quantitative estimate of drug-likeness (QED) is 0.306. The summed E-state index contributed by atoms with van der Waals surface area (Å²) in [6.45, 7) is 0.378. The molecule has 0 aliphatic carbocycles. The van der Waals surface area contributed by atoms with E-state index < -0.39 is 0 Å². The summed E-state index contributed by atoms with van der Waals surface area (Å²) in [5, 5.41) is 2.99. The number of halogens is 1. The summed E-state index contributed by atoms with van der Waals surface area (Å²) >= 11 is 3.46. The van der Waals surface area contributed by atoms with Crippen LogP contribution in [0.4, 0.5) is 5.69 Å². The molecule has 32 heavy (non-hydrogen) atoms. The van der Waals surface area contributed by atoms with Crippen molar-refractivity contribution in [2.24, 2.45) is 0 Å². The Balaban J connectivity index is 1.58. The Bertz CT molecular complexity index is 1210. The lowest BCUT2D eigenvalue weighted by molar-refractivity contribution is 0.102. The van der Waals surface area contributed by atoms with Crippen LogP contribution in [0.3, 0.4) is 0 Å². The zero-order valence-electron chi connectivity index (χ0n) is 17.5. The van der Waals surface area contributed by atoms with Gasteiger partial charge in [0.1, 0.15) is 18.1 Å². The molecule has 1 N–H and O–H groups in total. The summed E-state index contributed by atoms with van der Waals surface area (Å²) < 4.78 is 12.3. The number of rotatable bonds is 7. The summed E-state index contributed by atoms with van der Waals surface area (Å²) in [6.07, 6.45) is 0. The fourth-order valence-corrected chi connectivity index (χ4v) is 3.73. The summed E-state index contributed by atoms with van der Waals surface area (Å²) in [7, 11) is 1.64. The molecule has 4 nitrogen and oxygen atoms in total. The van der Waals surface area contributed by atoms with Crippen molar-refractivity contribution >= 4 is 27.5 Å². The average molecular weight is 488 g/mol. The van der Waals surface area contributed by atoms with Gasteiger partial charge in [-0.1, -0.05) is 76.6 Å². The van der Waals surface area contributed by atoms with E-state index in [1.165, 1.54) is 0 Å². The Morgan fingerprint density at radius 3 is 2.25 bits per heavy atom. The van der Waals surface area contributed by atoms with Gasteiger partial charge < -0.3 is 14.8 Å². The zero-order valence-corrected chi connectivity index (χ0v) is 19.1. The van der Waals surface area contributed by atoms with Gasteiger partial charge in [0.05, 0.1) is 12.7 Å². The SMILES string of the molecule is COc1ccc(NC(=O)c2cc(Br)ccc2OCc2ccccc2)cc1-c1ccccc1. The standard InChI is InChI=1S/C27H22BrNO3/c1-31-25-15-13-22(17-23(25)20-10-6-3-7-11-20)29-27(30)24-16-21(28)12-14-26(24)32-18-19-8-4-2-5-9-19/h2-17H,18H2,1H3,(H,29,30). The second-order valence-electron chi connectivity index (χ2n) is 7.15. The van der Waals surface area contributed by atoms with Crippen molar-refractivity contribution in [1.82, 2.24) is 0 Å². The molecule has 0 atom stereocenters. The number of hydrogen-bond donors (Lipinski definition) is 1. The van der Waals surface area contributed by atoms with E-state index in [0.29, 0.717) is 23.6 Å². The molecule has 0 radical (unpaired) electrons. The minimum absolute atomic E-state index is 0.251. The Morgan fingerprint density at radius 2 is 1.53 bits per heavy atom. The summed E-state index contributed by atoms with van der Waals surface area (Å²) in [6, 6.07) is 30.8. The number of carbonyl (C=O) groups is 1. The van der Waals surface area contributed by atoms with Crippen LogP contribution < -0.4 is 14.8 Å². The molecule has 4 rings (SSSR count). The molecule has 0 heterocycles. The largest absolute Gasteiger partial charge is 0.496 e. The topological polar surface area (TPSA) is 47.6 Å². The first-order chi connectivity index (χ1) is 15.6. The van der Waals surface area contributed by atoms with Gasteiger partial charge in [0.25, 0.3) is 5.91 Å².